The zero-order valence-electron chi connectivity index (χ0n) is 14.5. The van der Waals surface area contributed by atoms with Gasteiger partial charge < -0.3 is 14.4 Å². The summed E-state index contributed by atoms with van der Waals surface area (Å²) in [5.74, 6) is -0.776. The summed E-state index contributed by atoms with van der Waals surface area (Å²) >= 11 is 6.41. The summed E-state index contributed by atoms with van der Waals surface area (Å²) in [4.78, 5) is 11.2. The molecule has 1 atom stereocenters. The summed E-state index contributed by atoms with van der Waals surface area (Å²) in [7, 11) is 0. The van der Waals surface area contributed by atoms with Gasteiger partial charge in [-0.1, -0.05) is 66.1 Å². The van der Waals surface area contributed by atoms with Gasteiger partial charge in [0.05, 0.1) is 5.39 Å². The Morgan fingerprint density at radius 3 is 2.70 bits per heavy atom. The molecule has 136 valence electrons. The van der Waals surface area contributed by atoms with Gasteiger partial charge in [-0.15, -0.1) is 0 Å². The monoisotopic (exact) mass is 381 g/mol. The Labute approximate surface area is 160 Å². The molecular weight excluding hydrogens is 366 g/mol. The third-order valence-corrected chi connectivity index (χ3v) is 4.86. The number of carboxylic acids is 1. The number of benzene rings is 3. The minimum absolute atomic E-state index is 0.214. The molecule has 6 heteroatoms. The van der Waals surface area contributed by atoms with Gasteiger partial charge in [-0.2, -0.15) is 0 Å². The van der Waals surface area contributed by atoms with Gasteiger partial charge >= 0.3 is 5.97 Å². The van der Waals surface area contributed by atoms with Crippen molar-refractivity contribution in [2.24, 2.45) is 0 Å². The predicted molar refractivity (Wildman–Crippen MR) is 104 cm³/mol. The van der Waals surface area contributed by atoms with Crippen molar-refractivity contribution in [1.82, 2.24) is 5.16 Å². The van der Waals surface area contributed by atoms with Crippen LogP contribution in [0, 0.1) is 0 Å². The number of ether oxygens (including phenoxy) is 1. The Kier molecular flexibility index (Phi) is 4.46. The van der Waals surface area contributed by atoms with E-state index in [1.165, 1.54) is 0 Å². The second kappa shape index (κ2) is 6.93. The number of nitrogens with zero attached hydrogens (tertiary/aromatic N) is 1. The standard InChI is InChI=1S/C21H16ClNO4/c1-2-16(21(24)25)26-17-11-10-15-19(23-27-20(15)18(17)22)14-9-5-7-12-6-3-4-8-13(12)14/h3-11,16H,2H2,1H3,(H,24,25). The maximum absolute atomic E-state index is 11.2. The van der Waals surface area contributed by atoms with Crippen LogP contribution in [0.2, 0.25) is 5.02 Å². The van der Waals surface area contributed by atoms with Gasteiger partial charge in [0.15, 0.2) is 11.7 Å². The van der Waals surface area contributed by atoms with Crippen LogP contribution in [0.15, 0.2) is 59.1 Å². The van der Waals surface area contributed by atoms with Crippen molar-refractivity contribution in [1.29, 1.82) is 0 Å². The molecule has 4 rings (SSSR count). The summed E-state index contributed by atoms with van der Waals surface area (Å²) in [5, 5.41) is 16.5. The lowest BCUT2D eigenvalue weighted by atomic mass is 10.0. The largest absolute Gasteiger partial charge is 0.479 e. The number of aromatic nitrogens is 1. The van der Waals surface area contributed by atoms with Crippen molar-refractivity contribution in [3.63, 3.8) is 0 Å². The van der Waals surface area contributed by atoms with E-state index in [-0.39, 0.29) is 10.8 Å². The number of halogens is 1. The highest BCUT2D eigenvalue weighted by atomic mass is 35.5. The maximum atomic E-state index is 11.2. The third-order valence-electron chi connectivity index (χ3n) is 4.51. The number of fused-ring (bicyclic) bond motifs is 2. The Morgan fingerprint density at radius 1 is 1.15 bits per heavy atom. The van der Waals surface area contributed by atoms with E-state index >= 15 is 0 Å². The minimum Gasteiger partial charge on any atom is -0.479 e. The lowest BCUT2D eigenvalue weighted by Crippen LogP contribution is -2.26. The summed E-state index contributed by atoms with van der Waals surface area (Å²) in [5.41, 5.74) is 1.99. The first-order valence-electron chi connectivity index (χ1n) is 8.55. The smallest absolute Gasteiger partial charge is 0.344 e. The van der Waals surface area contributed by atoms with Gasteiger partial charge in [0.1, 0.15) is 16.5 Å². The molecule has 0 fully saturated rings. The van der Waals surface area contributed by atoms with E-state index in [0.717, 1.165) is 21.7 Å². The molecule has 1 N–H and O–H groups in total. The van der Waals surface area contributed by atoms with Gasteiger partial charge in [-0.05, 0) is 29.3 Å². The highest BCUT2D eigenvalue weighted by Gasteiger charge is 2.22. The number of carbonyl (C=O) groups is 1. The third kappa shape index (κ3) is 3.00. The SMILES string of the molecule is CCC(Oc1ccc2c(-c3cccc4ccccc34)noc2c1Cl)C(=O)O. The number of hydrogen-bond acceptors (Lipinski definition) is 4. The molecule has 1 heterocycles. The van der Waals surface area contributed by atoms with E-state index in [1.54, 1.807) is 19.1 Å². The van der Waals surface area contributed by atoms with Gasteiger partial charge in [0.25, 0.3) is 0 Å². The topological polar surface area (TPSA) is 72.6 Å². The summed E-state index contributed by atoms with van der Waals surface area (Å²) < 4.78 is 11.0. The molecule has 0 spiro atoms. The molecule has 0 radical (unpaired) electrons. The van der Waals surface area contributed by atoms with Crippen LogP contribution in [0.1, 0.15) is 13.3 Å². The summed E-state index contributed by atoms with van der Waals surface area (Å²) in [6, 6.07) is 17.5. The molecule has 1 unspecified atom stereocenters. The van der Waals surface area contributed by atoms with E-state index in [9.17, 15) is 9.90 Å². The molecule has 0 aliphatic rings. The number of hydrogen-bond donors (Lipinski definition) is 1. The first kappa shape index (κ1) is 17.4. The molecule has 0 bridgehead atoms. The molecule has 0 saturated carbocycles. The average molecular weight is 382 g/mol. The van der Waals surface area contributed by atoms with Crippen molar-refractivity contribution in [3.8, 4) is 17.0 Å². The molecular formula is C21H16ClNO4. The lowest BCUT2D eigenvalue weighted by Gasteiger charge is -2.14. The van der Waals surface area contributed by atoms with Gasteiger partial charge in [-0.25, -0.2) is 4.79 Å². The fourth-order valence-corrected chi connectivity index (χ4v) is 3.38. The summed E-state index contributed by atoms with van der Waals surface area (Å²) in [6.07, 6.45) is -0.651. The van der Waals surface area contributed by atoms with E-state index in [0.29, 0.717) is 17.7 Å². The van der Waals surface area contributed by atoms with Crippen LogP contribution in [-0.2, 0) is 4.79 Å². The highest BCUT2D eigenvalue weighted by Crippen LogP contribution is 2.39. The Bertz CT molecular complexity index is 1150. The van der Waals surface area contributed by atoms with Crippen LogP contribution < -0.4 is 4.74 Å². The van der Waals surface area contributed by atoms with Crippen molar-refractivity contribution >= 4 is 39.3 Å². The van der Waals surface area contributed by atoms with Crippen molar-refractivity contribution in [2.45, 2.75) is 19.4 Å². The molecule has 3 aromatic carbocycles. The summed E-state index contributed by atoms with van der Waals surface area (Å²) in [6.45, 7) is 1.73. The second-order valence-corrected chi connectivity index (χ2v) is 6.54. The van der Waals surface area contributed by atoms with Gasteiger partial charge in [0, 0.05) is 5.56 Å². The molecule has 0 amide bonds. The molecule has 1 aromatic heterocycles. The zero-order chi connectivity index (χ0) is 19.0. The Hall–Kier alpha value is -3.05. The number of aliphatic carboxylic acids is 1. The van der Waals surface area contributed by atoms with Crippen molar-refractivity contribution in [2.75, 3.05) is 0 Å². The Balaban J connectivity index is 1.83. The second-order valence-electron chi connectivity index (χ2n) is 6.17. The quantitative estimate of drug-likeness (QED) is 0.491. The fraction of sp³-hybridized carbons (Fsp3) is 0.143. The molecule has 4 aromatic rings. The first-order valence-corrected chi connectivity index (χ1v) is 8.93. The molecule has 0 saturated heterocycles. The molecule has 0 aliphatic heterocycles. The number of carboxylic acid groups (broad SMARTS) is 1. The molecule has 27 heavy (non-hydrogen) atoms. The fourth-order valence-electron chi connectivity index (χ4n) is 3.13. The molecule has 0 aliphatic carbocycles. The van der Waals surface area contributed by atoms with E-state index < -0.39 is 12.1 Å². The van der Waals surface area contributed by atoms with Gasteiger partial charge in [-0.3, -0.25) is 0 Å². The molecule has 5 nitrogen and oxygen atoms in total. The van der Waals surface area contributed by atoms with Crippen LogP contribution >= 0.6 is 11.6 Å². The highest BCUT2D eigenvalue weighted by molar-refractivity contribution is 6.36. The zero-order valence-corrected chi connectivity index (χ0v) is 15.2. The van der Waals surface area contributed by atoms with E-state index in [2.05, 4.69) is 5.16 Å². The van der Waals surface area contributed by atoms with Crippen LogP contribution in [-0.4, -0.2) is 22.3 Å². The van der Waals surface area contributed by atoms with Crippen LogP contribution in [0.25, 0.3) is 33.0 Å². The predicted octanol–water partition coefficient (Wildman–Crippen LogP) is 5.54. The first-order chi connectivity index (χ1) is 13.1. The van der Waals surface area contributed by atoms with Crippen molar-refractivity contribution < 1.29 is 19.2 Å². The van der Waals surface area contributed by atoms with E-state index in [1.807, 2.05) is 42.5 Å². The number of rotatable bonds is 5. The van der Waals surface area contributed by atoms with Crippen LogP contribution in [0.3, 0.4) is 0 Å². The van der Waals surface area contributed by atoms with E-state index in [4.69, 9.17) is 20.9 Å². The average Bonchev–Trinajstić information content (AvgIpc) is 3.11. The van der Waals surface area contributed by atoms with Gasteiger partial charge in [0.2, 0.25) is 0 Å². The van der Waals surface area contributed by atoms with Crippen LogP contribution in [0.5, 0.6) is 5.75 Å². The maximum Gasteiger partial charge on any atom is 0.344 e. The Morgan fingerprint density at radius 2 is 1.93 bits per heavy atom. The normalized spacial score (nSPS) is 12.4. The lowest BCUT2D eigenvalue weighted by molar-refractivity contribution is -0.145. The van der Waals surface area contributed by atoms with Crippen LogP contribution in [0.4, 0.5) is 0 Å². The van der Waals surface area contributed by atoms with Crippen molar-refractivity contribution in [3.05, 3.63) is 59.6 Å². The minimum atomic E-state index is -1.04.